The quantitative estimate of drug-likeness (QED) is 0.801. The lowest BCUT2D eigenvalue weighted by Crippen LogP contribution is -2.02. The number of aryl methyl sites for hydroxylation is 2. The molecule has 0 amide bonds. The van der Waals surface area contributed by atoms with Gasteiger partial charge in [-0.05, 0) is 25.3 Å². The molecule has 94 valence electrons. The first-order valence-corrected chi connectivity index (χ1v) is 6.58. The maximum Gasteiger partial charge on any atom is 0.139 e. The minimum Gasteiger partial charge on any atom is -0.343 e. The average molecular weight is 258 g/mol. The van der Waals surface area contributed by atoms with Gasteiger partial charge in [0.1, 0.15) is 10.5 Å². The lowest BCUT2D eigenvalue weighted by atomic mass is 10.0. The van der Waals surface area contributed by atoms with Crippen LogP contribution >= 0.6 is 12.2 Å². The number of nitrogens with zero attached hydrogens (tertiary/aromatic N) is 1. The van der Waals surface area contributed by atoms with Crippen molar-refractivity contribution < 1.29 is 0 Å². The van der Waals surface area contributed by atoms with E-state index in [-0.39, 0.29) is 0 Å². The van der Waals surface area contributed by atoms with Gasteiger partial charge in [-0.2, -0.15) is 0 Å². The second kappa shape index (κ2) is 5.02. The molecular formula is C15H18N2S. The molecule has 0 aliphatic rings. The molecule has 2 nitrogen and oxygen atoms in total. The van der Waals surface area contributed by atoms with Gasteiger partial charge in [0.25, 0.3) is 0 Å². The van der Waals surface area contributed by atoms with E-state index in [1.807, 2.05) is 12.1 Å². The van der Waals surface area contributed by atoms with Crippen molar-refractivity contribution in [3.05, 3.63) is 45.7 Å². The fraction of sp³-hybridized carbons (Fsp3) is 0.333. The largest absolute Gasteiger partial charge is 0.343 e. The van der Waals surface area contributed by atoms with Crippen molar-refractivity contribution in [2.24, 2.45) is 0 Å². The molecule has 0 radical (unpaired) electrons. The predicted molar refractivity (Wildman–Crippen MR) is 78.4 cm³/mol. The predicted octanol–water partition coefficient (Wildman–Crippen LogP) is 4.55. The molecule has 0 fully saturated rings. The number of rotatable bonds is 2. The molecule has 18 heavy (non-hydrogen) atoms. The molecular weight excluding hydrogens is 240 g/mol. The second-order valence-electron chi connectivity index (χ2n) is 4.90. The molecule has 0 spiro atoms. The van der Waals surface area contributed by atoms with Crippen LogP contribution < -0.4 is 0 Å². The van der Waals surface area contributed by atoms with E-state index < -0.39 is 0 Å². The van der Waals surface area contributed by atoms with Crippen molar-refractivity contribution in [2.75, 3.05) is 0 Å². The molecule has 2 aromatic rings. The van der Waals surface area contributed by atoms with Crippen LogP contribution in [0.2, 0.25) is 0 Å². The minimum atomic E-state index is 0.396. The summed E-state index contributed by atoms with van der Waals surface area (Å²) in [6.45, 7) is 8.43. The molecule has 1 aromatic carbocycles. The highest BCUT2D eigenvalue weighted by Gasteiger charge is 2.10. The van der Waals surface area contributed by atoms with E-state index in [1.165, 1.54) is 5.56 Å². The van der Waals surface area contributed by atoms with E-state index in [0.29, 0.717) is 10.6 Å². The van der Waals surface area contributed by atoms with Crippen LogP contribution in [0.4, 0.5) is 0 Å². The number of benzene rings is 1. The van der Waals surface area contributed by atoms with Crippen LogP contribution in [-0.4, -0.2) is 9.97 Å². The summed E-state index contributed by atoms with van der Waals surface area (Å²) >= 11 is 5.42. The molecule has 0 atom stereocenters. The highest BCUT2D eigenvalue weighted by Crippen LogP contribution is 2.24. The Morgan fingerprint density at radius 1 is 1.17 bits per heavy atom. The Kier molecular flexibility index (Phi) is 3.62. The first-order chi connectivity index (χ1) is 8.50. The van der Waals surface area contributed by atoms with Crippen LogP contribution in [0.3, 0.4) is 0 Å². The summed E-state index contributed by atoms with van der Waals surface area (Å²) in [5, 5.41) is 0. The third kappa shape index (κ3) is 2.36. The number of aromatic amines is 1. The third-order valence-electron chi connectivity index (χ3n) is 3.13. The first-order valence-electron chi connectivity index (χ1n) is 6.17. The third-order valence-corrected chi connectivity index (χ3v) is 3.44. The Morgan fingerprint density at radius 3 is 2.39 bits per heavy atom. The summed E-state index contributed by atoms with van der Waals surface area (Å²) in [6, 6.07) is 8.20. The van der Waals surface area contributed by atoms with Crippen LogP contribution in [0, 0.1) is 18.5 Å². The molecule has 0 bridgehead atoms. The maximum atomic E-state index is 5.42. The monoisotopic (exact) mass is 258 g/mol. The normalized spacial score (nSPS) is 10.9. The first kappa shape index (κ1) is 13.0. The molecule has 0 saturated heterocycles. The Labute approximate surface area is 113 Å². The second-order valence-corrected chi connectivity index (χ2v) is 5.29. The van der Waals surface area contributed by atoms with Crippen molar-refractivity contribution in [1.82, 2.24) is 9.97 Å². The number of hydrogen-bond acceptors (Lipinski definition) is 2. The zero-order valence-electron chi connectivity index (χ0n) is 11.2. The average Bonchev–Trinajstić information content (AvgIpc) is 2.27. The highest BCUT2D eigenvalue weighted by molar-refractivity contribution is 7.71. The number of aromatic nitrogens is 2. The van der Waals surface area contributed by atoms with Gasteiger partial charge in [-0.3, -0.25) is 0 Å². The van der Waals surface area contributed by atoms with Gasteiger partial charge >= 0.3 is 0 Å². The van der Waals surface area contributed by atoms with Gasteiger partial charge < -0.3 is 4.98 Å². The van der Waals surface area contributed by atoms with E-state index >= 15 is 0 Å². The Hall–Kier alpha value is -1.48. The summed E-state index contributed by atoms with van der Waals surface area (Å²) < 4.78 is 0.708. The lowest BCUT2D eigenvalue weighted by molar-refractivity contribution is 0.825. The topological polar surface area (TPSA) is 28.7 Å². The van der Waals surface area contributed by atoms with E-state index in [2.05, 4.69) is 49.8 Å². The fourth-order valence-corrected chi connectivity index (χ4v) is 2.72. The van der Waals surface area contributed by atoms with Crippen LogP contribution in [0.25, 0.3) is 11.4 Å². The molecule has 1 N–H and O–H groups in total. The van der Waals surface area contributed by atoms with Crippen molar-refractivity contribution >= 4 is 12.2 Å². The summed E-state index contributed by atoms with van der Waals surface area (Å²) in [6.07, 6.45) is 0. The highest BCUT2D eigenvalue weighted by atomic mass is 32.1. The van der Waals surface area contributed by atoms with Crippen molar-refractivity contribution in [2.45, 2.75) is 33.6 Å². The SMILES string of the molecule is Cc1ccccc1-c1nc(=S)c(C(C)C)c(C)[nH]1. The van der Waals surface area contributed by atoms with Crippen molar-refractivity contribution in [1.29, 1.82) is 0 Å². The molecule has 0 aliphatic heterocycles. The molecule has 1 aromatic heterocycles. The lowest BCUT2D eigenvalue weighted by Gasteiger charge is -2.12. The Bertz CT molecular complexity index is 627. The van der Waals surface area contributed by atoms with E-state index in [0.717, 1.165) is 22.6 Å². The van der Waals surface area contributed by atoms with Gasteiger partial charge in [-0.1, -0.05) is 50.3 Å². The van der Waals surface area contributed by atoms with Crippen LogP contribution in [0.15, 0.2) is 24.3 Å². The summed E-state index contributed by atoms with van der Waals surface area (Å²) in [5.41, 5.74) is 4.57. The number of nitrogens with one attached hydrogen (secondary N) is 1. The van der Waals surface area contributed by atoms with Crippen LogP contribution in [-0.2, 0) is 0 Å². The summed E-state index contributed by atoms with van der Waals surface area (Å²) in [5.74, 6) is 1.26. The minimum absolute atomic E-state index is 0.396. The van der Waals surface area contributed by atoms with Crippen molar-refractivity contribution in [3.8, 4) is 11.4 Å². The summed E-state index contributed by atoms with van der Waals surface area (Å²) in [7, 11) is 0. The van der Waals surface area contributed by atoms with Crippen LogP contribution in [0.1, 0.15) is 36.6 Å². The maximum absolute atomic E-state index is 5.42. The molecule has 2 rings (SSSR count). The molecule has 3 heteroatoms. The van der Waals surface area contributed by atoms with Gasteiger partial charge in [-0.15, -0.1) is 0 Å². The van der Waals surface area contributed by atoms with E-state index in [1.54, 1.807) is 0 Å². The van der Waals surface area contributed by atoms with Gasteiger partial charge in [-0.25, -0.2) is 4.98 Å². The number of hydrogen-bond donors (Lipinski definition) is 1. The molecule has 0 saturated carbocycles. The van der Waals surface area contributed by atoms with E-state index in [4.69, 9.17) is 12.2 Å². The standard InChI is InChI=1S/C15H18N2S/c1-9(2)13-11(4)16-14(17-15(13)18)12-8-6-5-7-10(12)3/h5-9H,1-4H3,(H,16,17,18). The zero-order chi connectivity index (χ0) is 13.3. The van der Waals surface area contributed by atoms with E-state index in [9.17, 15) is 0 Å². The Morgan fingerprint density at radius 2 is 1.83 bits per heavy atom. The number of H-pyrrole nitrogens is 1. The summed E-state index contributed by atoms with van der Waals surface area (Å²) in [4.78, 5) is 7.92. The molecule has 0 aliphatic carbocycles. The van der Waals surface area contributed by atoms with Gasteiger partial charge in [0.15, 0.2) is 0 Å². The van der Waals surface area contributed by atoms with Crippen molar-refractivity contribution in [3.63, 3.8) is 0 Å². The van der Waals surface area contributed by atoms with Crippen LogP contribution in [0.5, 0.6) is 0 Å². The molecule has 0 unspecified atom stereocenters. The zero-order valence-corrected chi connectivity index (χ0v) is 12.1. The molecule has 1 heterocycles. The fourth-order valence-electron chi connectivity index (χ4n) is 2.24. The van der Waals surface area contributed by atoms with Gasteiger partial charge in [0.2, 0.25) is 0 Å². The smallest absolute Gasteiger partial charge is 0.139 e. The van der Waals surface area contributed by atoms with Gasteiger partial charge in [0.05, 0.1) is 0 Å². The Balaban J connectivity index is 2.63. The van der Waals surface area contributed by atoms with Gasteiger partial charge in [0, 0.05) is 16.8 Å².